The van der Waals surface area contributed by atoms with Crippen LogP contribution in [0.3, 0.4) is 0 Å². The summed E-state index contributed by atoms with van der Waals surface area (Å²) in [7, 11) is 1.98. The number of fused-ring (bicyclic) bond motifs is 3. The lowest BCUT2D eigenvalue weighted by Gasteiger charge is -2.10. The van der Waals surface area contributed by atoms with E-state index in [4.69, 9.17) is 4.98 Å². The molecular formula is C29H33N5. The highest BCUT2D eigenvalue weighted by atomic mass is 15.0. The normalized spacial score (nSPS) is 16.8. The average Bonchev–Trinajstić information content (AvgIpc) is 3.63. The van der Waals surface area contributed by atoms with Gasteiger partial charge in [-0.2, -0.15) is 0 Å². The number of benzene rings is 2. The van der Waals surface area contributed by atoms with Gasteiger partial charge in [0, 0.05) is 17.2 Å². The van der Waals surface area contributed by atoms with Gasteiger partial charge in [-0.25, -0.2) is 9.97 Å². The number of rotatable bonds is 5. The third-order valence-electron chi connectivity index (χ3n) is 7.74. The molecule has 0 saturated heterocycles. The molecule has 3 N–H and O–H groups in total. The van der Waals surface area contributed by atoms with Crippen LogP contribution in [0, 0.1) is 0 Å². The fourth-order valence-electron chi connectivity index (χ4n) is 5.57. The summed E-state index contributed by atoms with van der Waals surface area (Å²) in [5.74, 6) is 2.79. The van der Waals surface area contributed by atoms with E-state index in [-0.39, 0.29) is 6.04 Å². The summed E-state index contributed by atoms with van der Waals surface area (Å²) in [6.45, 7) is 2.14. The Kier molecular flexibility index (Phi) is 5.58. The monoisotopic (exact) mass is 451 g/mol. The Morgan fingerprint density at radius 3 is 2.47 bits per heavy atom. The van der Waals surface area contributed by atoms with Crippen molar-refractivity contribution in [3.05, 3.63) is 71.6 Å². The molecule has 2 aliphatic rings. The van der Waals surface area contributed by atoms with E-state index >= 15 is 0 Å². The van der Waals surface area contributed by atoms with E-state index < -0.39 is 0 Å². The van der Waals surface area contributed by atoms with Crippen LogP contribution in [-0.4, -0.2) is 27.0 Å². The van der Waals surface area contributed by atoms with Gasteiger partial charge >= 0.3 is 0 Å². The van der Waals surface area contributed by atoms with Gasteiger partial charge in [0.1, 0.15) is 11.6 Å². The van der Waals surface area contributed by atoms with Crippen LogP contribution in [0.4, 0.5) is 0 Å². The van der Waals surface area contributed by atoms with Gasteiger partial charge in [0.2, 0.25) is 0 Å². The lowest BCUT2D eigenvalue weighted by Crippen LogP contribution is -2.13. The number of nitrogens with zero attached hydrogens (tertiary/aromatic N) is 2. The van der Waals surface area contributed by atoms with Crippen LogP contribution in [0.1, 0.15) is 73.9 Å². The molecule has 2 aliphatic carbocycles. The first-order valence-electron chi connectivity index (χ1n) is 12.7. The zero-order valence-corrected chi connectivity index (χ0v) is 20.1. The number of hydrogen-bond acceptors (Lipinski definition) is 3. The van der Waals surface area contributed by atoms with Crippen molar-refractivity contribution in [3.8, 4) is 33.6 Å². The lowest BCUT2D eigenvalue weighted by molar-refractivity contribution is 0.615. The highest BCUT2D eigenvalue weighted by Crippen LogP contribution is 2.36. The number of imidazole rings is 2. The molecular weight excluding hydrogens is 418 g/mol. The summed E-state index contributed by atoms with van der Waals surface area (Å²) in [4.78, 5) is 16.8. The molecule has 0 radical (unpaired) electrons. The summed E-state index contributed by atoms with van der Waals surface area (Å²) >= 11 is 0. The average molecular weight is 452 g/mol. The molecule has 2 aromatic heterocycles. The molecule has 2 aromatic carbocycles. The van der Waals surface area contributed by atoms with Crippen LogP contribution in [0.25, 0.3) is 33.6 Å². The number of aromatic amines is 2. The zero-order valence-electron chi connectivity index (χ0n) is 20.1. The van der Waals surface area contributed by atoms with E-state index in [2.05, 4.69) is 69.7 Å². The molecule has 4 aromatic rings. The molecule has 0 unspecified atom stereocenters. The Hall–Kier alpha value is -3.18. The number of hydrogen-bond donors (Lipinski definition) is 3. The molecule has 174 valence electrons. The lowest BCUT2D eigenvalue weighted by atomic mass is 9.95. The van der Waals surface area contributed by atoms with Crippen LogP contribution in [-0.2, 0) is 12.8 Å². The third kappa shape index (κ3) is 3.88. The molecule has 0 aliphatic heterocycles. The summed E-state index contributed by atoms with van der Waals surface area (Å²) in [6, 6.07) is 16.0. The van der Waals surface area contributed by atoms with Gasteiger partial charge in [0.25, 0.3) is 0 Å². The maximum atomic E-state index is 4.97. The SMILES string of the molecule is CN[C@@H](C)c1nc2c([nH]1)CCCc1cc(-c3ccc(-c4cnc(C5CCCC5)[nH]4)cc3)ccc1-2. The van der Waals surface area contributed by atoms with E-state index in [1.165, 1.54) is 59.2 Å². The van der Waals surface area contributed by atoms with Crippen LogP contribution in [0.2, 0.25) is 0 Å². The predicted octanol–water partition coefficient (Wildman–Crippen LogP) is 6.56. The Morgan fingerprint density at radius 1 is 0.912 bits per heavy atom. The molecule has 0 spiro atoms. The van der Waals surface area contributed by atoms with Gasteiger partial charge in [-0.3, -0.25) is 0 Å². The van der Waals surface area contributed by atoms with Crippen molar-refractivity contribution < 1.29 is 0 Å². The molecule has 1 saturated carbocycles. The van der Waals surface area contributed by atoms with Gasteiger partial charge in [-0.15, -0.1) is 0 Å². The van der Waals surface area contributed by atoms with Crippen molar-refractivity contribution in [1.82, 2.24) is 25.3 Å². The predicted molar refractivity (Wildman–Crippen MR) is 138 cm³/mol. The molecule has 0 bridgehead atoms. The quantitative estimate of drug-likeness (QED) is 0.322. The van der Waals surface area contributed by atoms with Gasteiger partial charge in [-0.1, -0.05) is 55.3 Å². The fraction of sp³-hybridized carbons (Fsp3) is 0.379. The van der Waals surface area contributed by atoms with E-state index in [9.17, 15) is 0 Å². The maximum absolute atomic E-state index is 4.97. The zero-order chi connectivity index (χ0) is 23.1. The Balaban J connectivity index is 1.27. The highest BCUT2D eigenvalue weighted by Gasteiger charge is 2.22. The van der Waals surface area contributed by atoms with E-state index in [1.807, 2.05) is 13.2 Å². The number of aryl methyl sites for hydroxylation is 2. The largest absolute Gasteiger partial charge is 0.344 e. The second-order valence-corrected chi connectivity index (χ2v) is 9.93. The van der Waals surface area contributed by atoms with Crippen molar-refractivity contribution in [1.29, 1.82) is 0 Å². The van der Waals surface area contributed by atoms with Crippen molar-refractivity contribution in [3.63, 3.8) is 0 Å². The Bertz CT molecular complexity index is 1290. The topological polar surface area (TPSA) is 69.4 Å². The Morgan fingerprint density at radius 2 is 1.68 bits per heavy atom. The smallest absolute Gasteiger partial charge is 0.123 e. The van der Waals surface area contributed by atoms with E-state index in [0.29, 0.717) is 5.92 Å². The van der Waals surface area contributed by atoms with Crippen molar-refractivity contribution in [2.75, 3.05) is 7.05 Å². The van der Waals surface area contributed by atoms with Gasteiger partial charge in [-0.05, 0) is 68.3 Å². The summed E-state index contributed by atoms with van der Waals surface area (Å²) in [5.41, 5.74) is 9.90. The first-order valence-corrected chi connectivity index (χ1v) is 12.7. The van der Waals surface area contributed by atoms with Crippen molar-refractivity contribution >= 4 is 0 Å². The fourth-order valence-corrected chi connectivity index (χ4v) is 5.57. The number of nitrogens with one attached hydrogen (secondary N) is 3. The van der Waals surface area contributed by atoms with E-state index in [0.717, 1.165) is 42.3 Å². The summed E-state index contributed by atoms with van der Waals surface area (Å²) in [6.07, 6.45) is 10.4. The van der Waals surface area contributed by atoms with Crippen molar-refractivity contribution in [2.24, 2.45) is 0 Å². The molecule has 2 heterocycles. The molecule has 1 atom stereocenters. The molecule has 34 heavy (non-hydrogen) atoms. The second kappa shape index (κ2) is 8.88. The standard InChI is InChI=1S/C29H33N5/c1-18(30-2)28-32-25-9-5-8-23-16-22(14-15-24(23)27(25)34-28)19-10-12-20(13-11-19)26-17-31-29(33-26)21-6-3-4-7-21/h10-18,21,30H,3-9H2,1-2H3,(H,31,33)(H,32,34)/t18-/m0/s1. The maximum Gasteiger partial charge on any atom is 0.123 e. The number of aromatic nitrogens is 4. The van der Waals surface area contributed by atoms with Crippen LogP contribution in [0.15, 0.2) is 48.7 Å². The van der Waals surface area contributed by atoms with Crippen molar-refractivity contribution in [2.45, 2.75) is 63.8 Å². The minimum Gasteiger partial charge on any atom is -0.344 e. The number of H-pyrrole nitrogens is 2. The minimum atomic E-state index is 0.220. The van der Waals surface area contributed by atoms with Gasteiger partial charge in [0.05, 0.1) is 23.6 Å². The van der Waals surface area contributed by atoms with Crippen LogP contribution in [0.5, 0.6) is 0 Å². The third-order valence-corrected chi connectivity index (χ3v) is 7.74. The first-order chi connectivity index (χ1) is 16.7. The Labute approximate surface area is 201 Å². The summed E-state index contributed by atoms with van der Waals surface area (Å²) in [5, 5.41) is 3.29. The molecule has 1 fully saturated rings. The first kappa shape index (κ1) is 21.4. The van der Waals surface area contributed by atoms with Gasteiger partial charge in [0.15, 0.2) is 0 Å². The molecule has 5 heteroatoms. The summed E-state index contributed by atoms with van der Waals surface area (Å²) < 4.78 is 0. The molecule has 5 nitrogen and oxygen atoms in total. The highest BCUT2D eigenvalue weighted by molar-refractivity contribution is 5.75. The second-order valence-electron chi connectivity index (χ2n) is 9.93. The minimum absolute atomic E-state index is 0.220. The van der Waals surface area contributed by atoms with Gasteiger partial charge < -0.3 is 15.3 Å². The van der Waals surface area contributed by atoms with E-state index in [1.54, 1.807) is 0 Å². The van der Waals surface area contributed by atoms with Crippen LogP contribution < -0.4 is 5.32 Å². The molecule has 6 rings (SSSR count). The molecule has 0 amide bonds. The van der Waals surface area contributed by atoms with Crippen LogP contribution >= 0.6 is 0 Å².